The van der Waals surface area contributed by atoms with Gasteiger partial charge in [0.05, 0.1) is 24.5 Å². The summed E-state index contributed by atoms with van der Waals surface area (Å²) < 4.78 is 26.2. The maximum atomic E-state index is 12.6. The number of nitrogens with one attached hydrogen (secondary N) is 1. The molecule has 1 amide bonds. The Kier molecular flexibility index (Phi) is 6.57. The third kappa shape index (κ3) is 5.27. The lowest BCUT2D eigenvalue weighted by molar-refractivity contribution is 0.0940. The highest BCUT2D eigenvalue weighted by atomic mass is 32.2. The average Bonchev–Trinajstić information content (AvgIpc) is 2.73. The maximum Gasteiger partial charge on any atom is 0.251 e. The Morgan fingerprint density at radius 1 is 0.933 bits per heavy atom. The molecule has 0 aromatic heterocycles. The Morgan fingerprint density at radius 3 is 2.13 bits per heavy atom. The zero-order valence-electron chi connectivity index (χ0n) is 17.4. The summed E-state index contributed by atoms with van der Waals surface area (Å²) in [7, 11) is -3.49. The molecular weight excluding hydrogens is 396 g/mol. The van der Waals surface area contributed by atoms with Crippen LogP contribution >= 0.6 is 0 Å². The molecule has 156 valence electrons. The molecule has 0 aliphatic rings. The molecule has 3 aromatic rings. The highest BCUT2D eigenvalue weighted by Gasteiger charge is 2.19. The number of hydrogen-bond donors (Lipinski definition) is 1. The van der Waals surface area contributed by atoms with Crippen molar-refractivity contribution in [3.63, 3.8) is 0 Å². The Morgan fingerprint density at radius 2 is 1.53 bits per heavy atom. The molecule has 30 heavy (non-hydrogen) atoms. The SMILES string of the molecule is Cc1ccccc1CN(c1ccc(C(=O)NC(C)c2ccccc2)cc1)S(C)(=O)=O. The van der Waals surface area contributed by atoms with Gasteiger partial charge < -0.3 is 5.32 Å². The highest BCUT2D eigenvalue weighted by Crippen LogP contribution is 2.23. The van der Waals surface area contributed by atoms with Gasteiger partial charge >= 0.3 is 0 Å². The number of hydrogen-bond acceptors (Lipinski definition) is 3. The minimum absolute atomic E-state index is 0.132. The van der Waals surface area contributed by atoms with Gasteiger partial charge in [-0.15, -0.1) is 0 Å². The van der Waals surface area contributed by atoms with Gasteiger partial charge in [-0.05, 0) is 54.8 Å². The molecule has 1 N–H and O–H groups in total. The molecule has 1 atom stereocenters. The van der Waals surface area contributed by atoms with E-state index < -0.39 is 10.0 Å². The van der Waals surface area contributed by atoms with Crippen LogP contribution in [0.25, 0.3) is 0 Å². The third-order valence-corrected chi connectivity index (χ3v) is 6.18. The summed E-state index contributed by atoms with van der Waals surface area (Å²) in [4.78, 5) is 12.6. The van der Waals surface area contributed by atoms with E-state index in [1.807, 2.05) is 68.4 Å². The molecule has 0 saturated heterocycles. The Labute approximate surface area is 178 Å². The number of aryl methyl sites for hydroxylation is 1. The minimum atomic E-state index is -3.49. The summed E-state index contributed by atoms with van der Waals surface area (Å²) in [6.45, 7) is 4.12. The lowest BCUT2D eigenvalue weighted by Crippen LogP contribution is -2.30. The minimum Gasteiger partial charge on any atom is -0.346 e. The number of carbonyl (C=O) groups is 1. The Bertz CT molecular complexity index is 1110. The smallest absolute Gasteiger partial charge is 0.251 e. The predicted molar refractivity (Wildman–Crippen MR) is 121 cm³/mol. The second kappa shape index (κ2) is 9.13. The van der Waals surface area contributed by atoms with Crippen molar-refractivity contribution >= 4 is 21.6 Å². The van der Waals surface area contributed by atoms with E-state index in [2.05, 4.69) is 5.32 Å². The predicted octanol–water partition coefficient (Wildman–Crippen LogP) is 4.45. The summed E-state index contributed by atoms with van der Waals surface area (Å²) in [5, 5.41) is 2.97. The van der Waals surface area contributed by atoms with E-state index in [0.29, 0.717) is 11.3 Å². The Hall–Kier alpha value is -3.12. The number of sulfonamides is 1. The van der Waals surface area contributed by atoms with Crippen molar-refractivity contribution in [1.82, 2.24) is 5.32 Å². The van der Waals surface area contributed by atoms with E-state index in [1.54, 1.807) is 24.3 Å². The first-order valence-electron chi connectivity index (χ1n) is 9.74. The van der Waals surface area contributed by atoms with Crippen LogP contribution < -0.4 is 9.62 Å². The van der Waals surface area contributed by atoms with E-state index in [4.69, 9.17) is 0 Å². The van der Waals surface area contributed by atoms with Crippen LogP contribution in [0, 0.1) is 6.92 Å². The Balaban J connectivity index is 1.78. The van der Waals surface area contributed by atoms with Crippen LogP contribution in [0.1, 0.15) is 40.0 Å². The van der Waals surface area contributed by atoms with Crippen LogP contribution in [0.3, 0.4) is 0 Å². The molecule has 1 unspecified atom stereocenters. The molecule has 0 radical (unpaired) electrons. The fourth-order valence-electron chi connectivity index (χ4n) is 3.23. The molecule has 0 fully saturated rings. The summed E-state index contributed by atoms with van der Waals surface area (Å²) in [5.74, 6) is -0.206. The maximum absolute atomic E-state index is 12.6. The number of benzene rings is 3. The van der Waals surface area contributed by atoms with Gasteiger partial charge in [-0.25, -0.2) is 8.42 Å². The van der Waals surface area contributed by atoms with E-state index in [-0.39, 0.29) is 18.5 Å². The first kappa shape index (κ1) is 21.6. The number of nitrogens with zero attached hydrogens (tertiary/aromatic N) is 1. The molecule has 3 rings (SSSR count). The van der Waals surface area contributed by atoms with Gasteiger partial charge in [-0.1, -0.05) is 54.6 Å². The third-order valence-electron chi connectivity index (χ3n) is 5.04. The van der Waals surface area contributed by atoms with E-state index in [0.717, 1.165) is 16.7 Å². The summed E-state index contributed by atoms with van der Waals surface area (Å²) in [6.07, 6.45) is 1.19. The van der Waals surface area contributed by atoms with Gasteiger partial charge in [0.15, 0.2) is 0 Å². The highest BCUT2D eigenvalue weighted by molar-refractivity contribution is 7.92. The number of rotatable bonds is 7. The van der Waals surface area contributed by atoms with E-state index >= 15 is 0 Å². The van der Waals surface area contributed by atoms with Gasteiger partial charge in [0.2, 0.25) is 10.0 Å². The molecule has 6 heteroatoms. The van der Waals surface area contributed by atoms with E-state index in [9.17, 15) is 13.2 Å². The molecule has 0 bridgehead atoms. The van der Waals surface area contributed by atoms with Crippen LogP contribution in [-0.4, -0.2) is 20.6 Å². The van der Waals surface area contributed by atoms with Gasteiger partial charge in [0, 0.05) is 5.56 Å². The first-order chi connectivity index (χ1) is 14.3. The lowest BCUT2D eigenvalue weighted by Gasteiger charge is -2.23. The second-order valence-electron chi connectivity index (χ2n) is 7.35. The van der Waals surface area contributed by atoms with Gasteiger partial charge in [0.25, 0.3) is 5.91 Å². The molecule has 0 spiro atoms. The fraction of sp³-hybridized carbons (Fsp3) is 0.208. The van der Waals surface area contributed by atoms with Crippen LogP contribution in [0.4, 0.5) is 5.69 Å². The monoisotopic (exact) mass is 422 g/mol. The largest absolute Gasteiger partial charge is 0.346 e. The van der Waals surface area contributed by atoms with Crippen LogP contribution in [0.5, 0.6) is 0 Å². The van der Waals surface area contributed by atoms with Crippen molar-refractivity contribution in [2.24, 2.45) is 0 Å². The van der Waals surface area contributed by atoms with Gasteiger partial charge in [0.1, 0.15) is 0 Å². The number of amides is 1. The van der Waals surface area contributed by atoms with Crippen molar-refractivity contribution < 1.29 is 13.2 Å². The molecule has 5 nitrogen and oxygen atoms in total. The van der Waals surface area contributed by atoms with E-state index in [1.165, 1.54) is 10.6 Å². The number of anilines is 1. The normalized spacial score (nSPS) is 12.2. The standard InChI is InChI=1S/C24H26N2O3S/c1-18-9-7-8-12-22(18)17-26(30(3,28)29)23-15-13-21(14-16-23)24(27)25-19(2)20-10-5-4-6-11-20/h4-16,19H,17H2,1-3H3,(H,25,27). The second-order valence-corrected chi connectivity index (χ2v) is 9.26. The summed E-state index contributed by atoms with van der Waals surface area (Å²) >= 11 is 0. The van der Waals surface area contributed by atoms with Gasteiger partial charge in [-0.2, -0.15) is 0 Å². The molecule has 0 aliphatic heterocycles. The zero-order valence-corrected chi connectivity index (χ0v) is 18.2. The van der Waals surface area contributed by atoms with Crippen molar-refractivity contribution in [3.8, 4) is 0 Å². The first-order valence-corrected chi connectivity index (χ1v) is 11.6. The molecule has 0 aliphatic carbocycles. The topological polar surface area (TPSA) is 66.5 Å². The molecule has 0 saturated carbocycles. The van der Waals surface area contributed by atoms with Crippen molar-refractivity contribution in [2.75, 3.05) is 10.6 Å². The molecule has 3 aromatic carbocycles. The zero-order chi connectivity index (χ0) is 21.7. The average molecular weight is 423 g/mol. The molecular formula is C24H26N2O3S. The van der Waals surface area contributed by atoms with Gasteiger partial charge in [-0.3, -0.25) is 9.10 Å². The van der Waals surface area contributed by atoms with Crippen molar-refractivity contribution in [2.45, 2.75) is 26.4 Å². The lowest BCUT2D eigenvalue weighted by atomic mass is 10.1. The quantitative estimate of drug-likeness (QED) is 0.612. The van der Waals surface area contributed by atoms with Crippen LogP contribution in [-0.2, 0) is 16.6 Å². The summed E-state index contributed by atoms with van der Waals surface area (Å²) in [6, 6.07) is 23.9. The molecule has 0 heterocycles. The summed E-state index contributed by atoms with van der Waals surface area (Å²) in [5.41, 5.74) is 3.97. The van der Waals surface area contributed by atoms with Crippen molar-refractivity contribution in [3.05, 3.63) is 101 Å². The van der Waals surface area contributed by atoms with Crippen LogP contribution in [0.15, 0.2) is 78.9 Å². The number of carbonyl (C=O) groups excluding carboxylic acids is 1. The fourth-order valence-corrected chi connectivity index (χ4v) is 4.10. The van der Waals surface area contributed by atoms with Crippen molar-refractivity contribution in [1.29, 1.82) is 0 Å². The van der Waals surface area contributed by atoms with Crippen LogP contribution in [0.2, 0.25) is 0 Å².